The lowest BCUT2D eigenvalue weighted by atomic mass is 9.91. The van der Waals surface area contributed by atoms with Crippen LogP contribution in [0.1, 0.15) is 24.0 Å². The van der Waals surface area contributed by atoms with Gasteiger partial charge in [-0.05, 0) is 24.6 Å². The molecule has 0 aliphatic heterocycles. The zero-order valence-electron chi connectivity index (χ0n) is 11.4. The van der Waals surface area contributed by atoms with Crippen molar-refractivity contribution in [2.75, 3.05) is 7.11 Å². The van der Waals surface area contributed by atoms with Gasteiger partial charge in [-0.15, -0.1) is 0 Å². The molecule has 1 aromatic carbocycles. The maximum Gasteiger partial charge on any atom is 0.416 e. The minimum absolute atomic E-state index is 0.332. The van der Waals surface area contributed by atoms with E-state index in [0.29, 0.717) is 5.56 Å². The topological polar surface area (TPSA) is 78.8 Å². The smallest absolute Gasteiger partial charge is 0.416 e. The molecule has 1 rings (SSSR count). The number of hydrogen-bond donors (Lipinski definition) is 3. The maximum absolute atomic E-state index is 12.5. The van der Waals surface area contributed by atoms with E-state index in [1.807, 2.05) is 0 Å². The second-order valence-electron chi connectivity index (χ2n) is 4.51. The minimum atomic E-state index is -4.46. The number of rotatable bonds is 5. The largest absolute Gasteiger partial charge is 0.465 e. The minimum Gasteiger partial charge on any atom is -0.465 e. The molecule has 0 heterocycles. The number of aliphatic hydroxyl groups excluding tert-OH is 1. The van der Waals surface area contributed by atoms with Crippen LogP contribution in [0.4, 0.5) is 18.0 Å². The summed E-state index contributed by atoms with van der Waals surface area (Å²) in [4.78, 5) is 10.7. The van der Waals surface area contributed by atoms with Gasteiger partial charge in [-0.3, -0.25) is 0 Å². The van der Waals surface area contributed by atoms with Crippen molar-refractivity contribution in [3.63, 3.8) is 0 Å². The molecule has 0 saturated carbocycles. The number of nitrogens with one attached hydrogen (secondary N) is 1. The molecule has 0 aliphatic carbocycles. The van der Waals surface area contributed by atoms with Gasteiger partial charge in [-0.1, -0.05) is 12.1 Å². The molecule has 3 atom stereocenters. The molecule has 8 heteroatoms. The predicted octanol–water partition coefficient (Wildman–Crippen LogP) is 2.41. The Labute approximate surface area is 119 Å². The summed E-state index contributed by atoms with van der Waals surface area (Å²) < 4.78 is 42.3. The Hall–Kier alpha value is -1.80. The van der Waals surface area contributed by atoms with E-state index < -0.39 is 36.1 Å². The number of ether oxygens (including phenoxy) is 1. The summed E-state index contributed by atoms with van der Waals surface area (Å²) in [7, 11) is 1.22. The lowest BCUT2D eigenvalue weighted by Crippen LogP contribution is -2.41. The Kier molecular flexibility index (Phi) is 5.56. The average molecular weight is 307 g/mol. The van der Waals surface area contributed by atoms with E-state index in [0.717, 1.165) is 12.1 Å². The number of hydrogen-bond acceptors (Lipinski definition) is 3. The highest BCUT2D eigenvalue weighted by Gasteiger charge is 2.32. The predicted molar refractivity (Wildman–Crippen MR) is 67.8 cm³/mol. The molecular weight excluding hydrogens is 291 g/mol. The third-order valence-electron chi connectivity index (χ3n) is 3.06. The van der Waals surface area contributed by atoms with E-state index in [4.69, 9.17) is 9.84 Å². The molecule has 0 fully saturated rings. The van der Waals surface area contributed by atoms with Gasteiger partial charge in [0, 0.05) is 13.2 Å². The number of alkyl halides is 3. The Morgan fingerprint density at radius 3 is 2.19 bits per heavy atom. The molecule has 118 valence electrons. The van der Waals surface area contributed by atoms with E-state index >= 15 is 0 Å². The SMILES string of the molecule is COC(O)[C@H](c1ccc(C(F)(F)F)cc1)[C@H](C)NC(=O)O. The van der Waals surface area contributed by atoms with Crippen LogP contribution in [-0.4, -0.2) is 35.7 Å². The van der Waals surface area contributed by atoms with Crippen LogP contribution in [0.5, 0.6) is 0 Å². The summed E-state index contributed by atoms with van der Waals surface area (Å²) in [5.41, 5.74) is -0.491. The molecule has 5 nitrogen and oxygen atoms in total. The van der Waals surface area contributed by atoms with Crippen LogP contribution in [0.2, 0.25) is 0 Å². The molecule has 0 radical (unpaired) electrons. The van der Waals surface area contributed by atoms with Gasteiger partial charge in [0.05, 0.1) is 11.5 Å². The van der Waals surface area contributed by atoms with Crippen molar-refractivity contribution in [1.82, 2.24) is 5.32 Å². The van der Waals surface area contributed by atoms with Crippen molar-refractivity contribution in [3.05, 3.63) is 35.4 Å². The first kappa shape index (κ1) is 17.3. The third kappa shape index (κ3) is 4.61. The molecule has 0 saturated heterocycles. The summed E-state index contributed by atoms with van der Waals surface area (Å²) in [5, 5.41) is 20.7. The normalized spacial score (nSPS) is 16.1. The lowest BCUT2D eigenvalue weighted by molar-refractivity contribution is -0.137. The van der Waals surface area contributed by atoms with Gasteiger partial charge >= 0.3 is 12.3 Å². The molecule has 0 aliphatic rings. The Morgan fingerprint density at radius 2 is 1.81 bits per heavy atom. The van der Waals surface area contributed by atoms with Crippen LogP contribution in [0.25, 0.3) is 0 Å². The monoisotopic (exact) mass is 307 g/mol. The number of benzene rings is 1. The number of carbonyl (C=O) groups is 1. The van der Waals surface area contributed by atoms with Crippen LogP contribution in [0.3, 0.4) is 0 Å². The second kappa shape index (κ2) is 6.77. The summed E-state index contributed by atoms with van der Waals surface area (Å²) >= 11 is 0. The maximum atomic E-state index is 12.5. The fraction of sp³-hybridized carbons (Fsp3) is 0.462. The van der Waals surface area contributed by atoms with Gasteiger partial charge in [-0.25, -0.2) is 4.79 Å². The van der Waals surface area contributed by atoms with Crippen molar-refractivity contribution >= 4 is 6.09 Å². The van der Waals surface area contributed by atoms with E-state index in [2.05, 4.69) is 5.32 Å². The second-order valence-corrected chi connectivity index (χ2v) is 4.51. The van der Waals surface area contributed by atoms with E-state index in [-0.39, 0.29) is 0 Å². The molecule has 1 amide bonds. The zero-order valence-corrected chi connectivity index (χ0v) is 11.4. The summed E-state index contributed by atoms with van der Waals surface area (Å²) in [6.07, 6.45) is -7.12. The molecule has 1 unspecified atom stereocenters. The first-order chi connectivity index (χ1) is 9.66. The molecule has 3 N–H and O–H groups in total. The van der Waals surface area contributed by atoms with Crippen molar-refractivity contribution in [2.24, 2.45) is 0 Å². The van der Waals surface area contributed by atoms with Crippen LogP contribution in [0, 0.1) is 0 Å². The highest BCUT2D eigenvalue weighted by molar-refractivity contribution is 5.65. The molecule has 21 heavy (non-hydrogen) atoms. The van der Waals surface area contributed by atoms with Crippen LogP contribution in [-0.2, 0) is 10.9 Å². The Bertz CT molecular complexity index is 475. The van der Waals surface area contributed by atoms with Crippen molar-refractivity contribution in [2.45, 2.75) is 31.3 Å². The Balaban J connectivity index is 3.06. The van der Waals surface area contributed by atoms with Crippen LogP contribution >= 0.6 is 0 Å². The molecular formula is C13H16F3NO4. The summed E-state index contributed by atoms with van der Waals surface area (Å²) in [5.74, 6) is -0.839. The number of aliphatic hydroxyl groups is 1. The van der Waals surface area contributed by atoms with Crippen molar-refractivity contribution < 1.29 is 32.9 Å². The third-order valence-corrected chi connectivity index (χ3v) is 3.06. The summed E-state index contributed by atoms with van der Waals surface area (Å²) in [6.45, 7) is 1.48. The zero-order chi connectivity index (χ0) is 16.2. The first-order valence-electron chi connectivity index (χ1n) is 6.04. The van der Waals surface area contributed by atoms with E-state index in [9.17, 15) is 23.1 Å². The van der Waals surface area contributed by atoms with Gasteiger partial charge in [0.2, 0.25) is 0 Å². The quantitative estimate of drug-likeness (QED) is 0.730. The van der Waals surface area contributed by atoms with Gasteiger partial charge in [0.25, 0.3) is 0 Å². The molecule has 0 bridgehead atoms. The number of amides is 1. The van der Waals surface area contributed by atoms with Gasteiger partial charge in [0.1, 0.15) is 0 Å². The lowest BCUT2D eigenvalue weighted by Gasteiger charge is -2.28. The first-order valence-corrected chi connectivity index (χ1v) is 6.04. The van der Waals surface area contributed by atoms with Gasteiger partial charge < -0.3 is 20.3 Å². The molecule has 0 spiro atoms. The highest BCUT2D eigenvalue weighted by Crippen LogP contribution is 2.31. The number of halogens is 3. The van der Waals surface area contributed by atoms with E-state index in [1.54, 1.807) is 0 Å². The van der Waals surface area contributed by atoms with Crippen molar-refractivity contribution in [3.8, 4) is 0 Å². The number of methoxy groups -OCH3 is 1. The van der Waals surface area contributed by atoms with Gasteiger partial charge in [-0.2, -0.15) is 13.2 Å². The fourth-order valence-corrected chi connectivity index (χ4v) is 2.03. The summed E-state index contributed by atoms with van der Waals surface area (Å²) in [6, 6.07) is 3.37. The van der Waals surface area contributed by atoms with Crippen molar-refractivity contribution in [1.29, 1.82) is 0 Å². The molecule has 1 aromatic rings. The molecule has 0 aromatic heterocycles. The highest BCUT2D eigenvalue weighted by atomic mass is 19.4. The standard InChI is InChI=1S/C13H16F3NO4/c1-7(17-12(19)20)10(11(18)21-2)8-3-5-9(6-4-8)13(14,15)16/h3-7,10-11,17-18H,1-2H3,(H,19,20)/t7-,10-,11?/m0/s1. The number of carboxylic acid groups (broad SMARTS) is 1. The Morgan fingerprint density at radius 1 is 1.29 bits per heavy atom. The van der Waals surface area contributed by atoms with Gasteiger partial charge in [0.15, 0.2) is 6.29 Å². The van der Waals surface area contributed by atoms with Crippen LogP contribution < -0.4 is 5.32 Å². The van der Waals surface area contributed by atoms with E-state index in [1.165, 1.54) is 26.2 Å². The van der Waals surface area contributed by atoms with Crippen LogP contribution in [0.15, 0.2) is 24.3 Å². The fourth-order valence-electron chi connectivity index (χ4n) is 2.03. The average Bonchev–Trinajstić information content (AvgIpc) is 2.37.